The van der Waals surface area contributed by atoms with Crippen molar-refractivity contribution in [3.63, 3.8) is 0 Å². The number of aromatic carboxylic acids is 1. The van der Waals surface area contributed by atoms with Gasteiger partial charge in [0.1, 0.15) is 40.8 Å². The number of carboxylic acid groups (broad SMARTS) is 1. The predicted molar refractivity (Wildman–Crippen MR) is 417 cm³/mol. The van der Waals surface area contributed by atoms with Crippen LogP contribution in [0.2, 0.25) is 0 Å². The molecule has 33 nitrogen and oxygen atoms in total. The number of methoxy groups -OCH3 is 2. The van der Waals surface area contributed by atoms with Gasteiger partial charge in [-0.05, 0) is 150 Å². The number of amidine groups is 2. The van der Waals surface area contributed by atoms with Gasteiger partial charge in [-0.2, -0.15) is 43.2 Å². The summed E-state index contributed by atoms with van der Waals surface area (Å²) < 4.78 is 182. The molecular weight excluding hydrogens is 1880 g/mol. The third kappa shape index (κ3) is 29.9. The van der Waals surface area contributed by atoms with Crippen LogP contribution >= 0.6 is 0 Å². The number of esters is 2. The molecule has 3 aliphatic rings. The van der Waals surface area contributed by atoms with Gasteiger partial charge in [-0.1, -0.05) is 52.0 Å². The first-order chi connectivity index (χ1) is 55.7. The molecule has 7 aromatic heterocycles. The van der Waals surface area contributed by atoms with Gasteiger partial charge in [0.25, 0.3) is 5.91 Å². The number of fused-ring (bicyclic) bond motifs is 3. The summed E-state index contributed by atoms with van der Waals surface area (Å²) in [5, 5.41) is 23.1. The number of rotatable bonds is 18. The van der Waals surface area contributed by atoms with Gasteiger partial charge in [0, 0.05) is 161 Å². The molecule has 1 amide bonds. The van der Waals surface area contributed by atoms with E-state index in [0.717, 1.165) is 83.0 Å². The van der Waals surface area contributed by atoms with Gasteiger partial charge < -0.3 is 50.4 Å². The number of nitrogens with zero attached hydrogens (tertiary/aromatic N) is 15. The quantitative estimate of drug-likeness (QED) is 0.0375. The molecule has 10 heterocycles. The van der Waals surface area contributed by atoms with Crippen LogP contribution in [0.15, 0.2) is 108 Å². The van der Waals surface area contributed by atoms with Gasteiger partial charge >= 0.3 is 73.9 Å². The Kier molecular flexibility index (Phi) is 46.1. The van der Waals surface area contributed by atoms with E-state index in [9.17, 15) is 81.0 Å². The summed E-state index contributed by atoms with van der Waals surface area (Å²) in [4.78, 5) is 81.8. The first-order valence-electron chi connectivity index (χ1n) is 36.7. The summed E-state index contributed by atoms with van der Waals surface area (Å²) >= 11 is 0. The van der Waals surface area contributed by atoms with Crippen LogP contribution in [0.1, 0.15) is 156 Å². The summed E-state index contributed by atoms with van der Waals surface area (Å²) in [5.41, 5.74) is 8.63. The van der Waals surface area contributed by atoms with Crippen molar-refractivity contribution in [2.24, 2.45) is 15.9 Å². The SMILES string of the molecule is CC1CCCO1.CCOC(=O)CC(=O)CC.CCOC(=O)c1c(CC)nc2ccc(C)cn12.CCc1nc2ccc(C)cn2c1C(=O)[O-].CCc1nc2ncc(C)cn2c1C(=O)NCc1ccc(N2CCN(S(=O)(=O)C(F)(F)F)C(OC)=N2)c(F)c1.COC1=NN(c2ccc(CN)cc2F)CCN1S(=O)(=O)C(F)(F)F.Cc1cnc(N)nc1.[Li+].[Y].[Y].[Y]. The van der Waals surface area contributed by atoms with Crippen molar-refractivity contribution in [3.05, 3.63) is 177 Å². The molecule has 1 saturated heterocycles. The number of amides is 1. The maximum Gasteiger partial charge on any atom is 1.00 e. The first kappa shape index (κ1) is 110. The number of carboxylic acids is 1. The van der Waals surface area contributed by atoms with E-state index in [-0.39, 0.29) is 187 Å². The van der Waals surface area contributed by atoms with Crippen LogP contribution in [0, 0.1) is 39.3 Å². The first-order valence-corrected chi connectivity index (χ1v) is 39.6. The number of sulfonamides is 2. The van der Waals surface area contributed by atoms with Gasteiger partial charge in [-0.15, -0.1) is 10.2 Å². The Bertz CT molecular complexity index is 5280. The van der Waals surface area contributed by atoms with Gasteiger partial charge in [-0.3, -0.25) is 37.6 Å². The zero-order valence-electron chi connectivity index (χ0n) is 69.7. The number of ketones is 1. The minimum Gasteiger partial charge on any atom is -0.543 e. The minimum absolute atomic E-state index is 0. The van der Waals surface area contributed by atoms with Crippen LogP contribution in [0.25, 0.3) is 17.1 Å². The van der Waals surface area contributed by atoms with Crippen LogP contribution in [-0.4, -0.2) is 188 Å². The van der Waals surface area contributed by atoms with E-state index in [2.05, 4.69) is 61.8 Å². The number of imidazole rings is 3. The zero-order chi connectivity index (χ0) is 87.7. The molecule has 3 aliphatic heterocycles. The Balaban J connectivity index is 0.000000519. The molecule has 0 bridgehead atoms. The van der Waals surface area contributed by atoms with Gasteiger partial charge in [0.15, 0.2) is 5.69 Å². The third-order valence-corrected chi connectivity index (χ3v) is 19.9. The molecule has 651 valence electrons. The molecule has 122 heavy (non-hydrogen) atoms. The fourth-order valence-electron chi connectivity index (χ4n) is 11.0. The summed E-state index contributed by atoms with van der Waals surface area (Å²) in [6.07, 6.45) is 15.6. The number of benzene rings is 2. The van der Waals surface area contributed by atoms with E-state index in [1.54, 1.807) is 66.6 Å². The molecule has 47 heteroatoms. The number of nitrogen functional groups attached to an aromatic ring is 1. The molecule has 1 atom stereocenters. The fourth-order valence-corrected chi connectivity index (χ4v) is 12.8. The average molecular weight is 1980 g/mol. The molecule has 12 rings (SSSR count). The molecule has 5 N–H and O–H groups in total. The van der Waals surface area contributed by atoms with Gasteiger partial charge in [-0.25, -0.2) is 52.1 Å². The number of aryl methyl sites for hydroxylation is 7. The van der Waals surface area contributed by atoms with Crippen molar-refractivity contribution in [2.45, 2.75) is 151 Å². The minimum atomic E-state index is -5.73. The number of hydrogen-bond donors (Lipinski definition) is 3. The van der Waals surface area contributed by atoms with Crippen molar-refractivity contribution in [3.8, 4) is 0 Å². The maximum absolute atomic E-state index is 15.0. The fraction of sp³-hybridized carbons (Fsp3) is 0.427. The second-order valence-electron chi connectivity index (χ2n) is 25.7. The van der Waals surface area contributed by atoms with E-state index in [1.807, 2.05) is 77.3 Å². The van der Waals surface area contributed by atoms with Crippen molar-refractivity contribution in [2.75, 3.05) is 76.0 Å². The number of aromatic nitrogens is 9. The average Bonchev–Trinajstić information content (AvgIpc) is 0.856. The van der Waals surface area contributed by atoms with E-state index in [1.165, 1.54) is 37.1 Å². The van der Waals surface area contributed by atoms with E-state index in [4.69, 9.17) is 25.7 Å². The standard InChI is InChI=1S/C22H23F4N7O4S.C13H16N2O2.C12H14F4N4O3S.C11H12N2O2.C7H12O3.C5H7N3.C5H10O.Li.3Y/c1-4-16-18(31-12-13(2)10-28-20(31)29-16)19(34)27-11-14-5-6-17(15(23)9-14)32-7-8-33(21(30-32)37-3)38(35,36)22(24,25)26;1-4-10-12(13(16)17-5-2)15-8-9(3)6-7-11(15)14-10;1-23-11-18-19(10-3-2-8(7-17)6-9(10)13)4-5-20(11)24(21,22)12(14,15)16;1-3-8-10(11(14)15)13-6-7(2)4-5-9(13)12-8;1-3-6(8)5-7(9)10-4-2;1-4-2-7-5(6)8-3-4;1-5-3-2-4-6-5;;;;/h5-6,9-10,12H,4,7-8,11H2,1-3H3,(H,27,34);6-8H,4-5H2,1-3H3;2-3,6H,4-5,7,17H2,1H3;4-6H,3H2,1-2H3,(H,14,15);3-5H2,1-2H3;2-3H,1H3,(H2,6,7,8);5H,2-4H2,1H3;;;;/q;;;;;;;+1;;;/p-1. The number of anilines is 3. The Morgan fingerprint density at radius 2 is 1.05 bits per heavy atom. The number of hydrogen-bond acceptors (Lipinski definition) is 27. The van der Waals surface area contributed by atoms with Crippen LogP contribution in [0.4, 0.5) is 52.4 Å². The van der Waals surface area contributed by atoms with E-state index >= 15 is 0 Å². The molecular formula is C75H93F8LiN18O15S2Y3. The van der Waals surface area contributed by atoms with Crippen LogP contribution in [0.5, 0.6) is 0 Å². The Labute approximate surface area is 787 Å². The number of alkyl halides is 6. The molecule has 1 fully saturated rings. The van der Waals surface area contributed by atoms with E-state index < -0.39 is 85.7 Å². The number of nitrogens with one attached hydrogen (secondary N) is 1. The van der Waals surface area contributed by atoms with E-state index in [0.29, 0.717) is 89.9 Å². The number of ether oxygens (including phenoxy) is 5. The molecule has 2 aromatic carbocycles. The molecule has 0 aliphatic carbocycles. The molecule has 0 saturated carbocycles. The Morgan fingerprint density at radius 3 is 1.45 bits per heavy atom. The Morgan fingerprint density at radius 1 is 0.598 bits per heavy atom. The summed E-state index contributed by atoms with van der Waals surface area (Å²) in [6, 6.07) is 13.9. The topological polar surface area (TPSA) is 415 Å². The maximum atomic E-state index is 15.0. The predicted octanol–water partition coefficient (Wildman–Crippen LogP) is 6.15. The van der Waals surface area contributed by atoms with Gasteiger partial charge in [0.2, 0.25) is 11.7 Å². The second kappa shape index (κ2) is 51.0. The number of carbonyl (C=O) groups excluding carboxylic acids is 5. The third-order valence-electron chi connectivity index (χ3n) is 16.9. The van der Waals surface area contributed by atoms with Crippen LogP contribution in [-0.2, 0) is 184 Å². The molecule has 1 unspecified atom stereocenters. The molecule has 9 aromatic rings. The smallest absolute Gasteiger partial charge is 0.543 e. The molecule has 3 radical (unpaired) electrons. The van der Waals surface area contributed by atoms with Crippen molar-refractivity contribution in [1.82, 2.24) is 57.0 Å². The van der Waals surface area contributed by atoms with Crippen molar-refractivity contribution < 1.29 is 222 Å². The van der Waals surface area contributed by atoms with Crippen LogP contribution in [0.3, 0.4) is 0 Å². The summed E-state index contributed by atoms with van der Waals surface area (Å²) in [6.45, 7) is 20.6. The molecule has 0 spiro atoms. The second-order valence-corrected chi connectivity index (χ2v) is 29.4. The number of carbonyl (C=O) groups is 5. The van der Waals surface area contributed by atoms with Crippen molar-refractivity contribution in [1.29, 1.82) is 0 Å². The number of halogens is 8. The Hall–Kier alpha value is -7.82. The van der Waals surface area contributed by atoms with Crippen molar-refractivity contribution >= 4 is 96.1 Å². The number of nitrogens with two attached hydrogens (primary N) is 2. The number of hydrazone groups is 2. The monoisotopic (exact) mass is 1980 g/mol. The summed E-state index contributed by atoms with van der Waals surface area (Å²) in [7, 11) is -9.46. The number of pyridine rings is 2. The largest absolute Gasteiger partial charge is 1.00 e. The summed E-state index contributed by atoms with van der Waals surface area (Å²) in [5.74, 6) is -3.17. The zero-order valence-corrected chi connectivity index (χ0v) is 79.8. The normalized spacial score (nSPS) is 13.6. The number of Topliss-reactive ketones (excluding diaryl/α,β-unsaturated/α-hetero) is 1. The van der Waals surface area contributed by atoms with Gasteiger partial charge in [0.05, 0.1) is 99.8 Å². The van der Waals surface area contributed by atoms with Crippen LogP contribution < -0.4 is 50.8 Å².